The molecule has 236 valence electrons. The van der Waals surface area contributed by atoms with Crippen molar-refractivity contribution < 1.29 is 14.7 Å². The molecule has 47 heavy (non-hydrogen) atoms. The summed E-state index contributed by atoms with van der Waals surface area (Å²) < 4.78 is 0.257. The highest BCUT2D eigenvalue weighted by molar-refractivity contribution is 8.26. The zero-order valence-electron chi connectivity index (χ0n) is 25.9. The van der Waals surface area contributed by atoms with Crippen molar-refractivity contribution in [2.75, 3.05) is 18.0 Å². The van der Waals surface area contributed by atoms with E-state index in [2.05, 4.69) is 77.5 Å². The first kappa shape index (κ1) is 32.0. The normalized spacial score (nSPS) is 13.8. The van der Waals surface area contributed by atoms with Crippen molar-refractivity contribution in [3.63, 3.8) is 0 Å². The second-order valence-electron chi connectivity index (χ2n) is 11.2. The predicted octanol–water partition coefficient (Wildman–Crippen LogP) is 9.02. The Hall–Kier alpha value is -4.99. The molecule has 0 spiro atoms. The molecule has 1 amide bonds. The van der Waals surface area contributed by atoms with Crippen LogP contribution in [0.4, 0.5) is 11.4 Å². The Balaban J connectivity index is 1.26. The van der Waals surface area contributed by atoms with Crippen molar-refractivity contribution in [3.8, 4) is 33.9 Å². The number of rotatable bonds is 12. The third-order valence-electron chi connectivity index (χ3n) is 7.92. The Kier molecular flexibility index (Phi) is 9.94. The number of carbonyl (C=O) groups is 2. The number of nitrogens with one attached hydrogen (secondary N) is 1. The Bertz CT molecular complexity index is 1850. The van der Waals surface area contributed by atoms with Crippen LogP contribution >= 0.6 is 24.0 Å². The van der Waals surface area contributed by atoms with E-state index in [1.165, 1.54) is 0 Å². The summed E-state index contributed by atoms with van der Waals surface area (Å²) in [5.74, 6) is -0.665. The predicted molar refractivity (Wildman–Crippen MR) is 195 cm³/mol. The van der Waals surface area contributed by atoms with E-state index < -0.39 is 12.5 Å². The summed E-state index contributed by atoms with van der Waals surface area (Å²) in [7, 11) is 0. The van der Waals surface area contributed by atoms with Crippen LogP contribution < -0.4 is 4.90 Å². The van der Waals surface area contributed by atoms with Gasteiger partial charge >= 0.3 is 5.97 Å². The van der Waals surface area contributed by atoms with E-state index in [0.717, 1.165) is 93.3 Å². The van der Waals surface area contributed by atoms with Gasteiger partial charge < -0.3 is 15.0 Å². The first-order valence-corrected chi connectivity index (χ1v) is 16.8. The van der Waals surface area contributed by atoms with Crippen molar-refractivity contribution in [1.29, 1.82) is 0 Å². The van der Waals surface area contributed by atoms with Crippen LogP contribution in [0, 0.1) is 0 Å². The molecule has 5 aromatic rings. The summed E-state index contributed by atoms with van der Waals surface area (Å²) in [6.45, 7) is 2.62. The average Bonchev–Trinajstić information content (AvgIpc) is 3.65. The minimum absolute atomic E-state index is 0.257. The van der Waals surface area contributed by atoms with E-state index in [4.69, 9.17) is 22.3 Å². The van der Waals surface area contributed by atoms with Gasteiger partial charge in [0.25, 0.3) is 5.91 Å². The number of carboxylic acids is 1. The lowest BCUT2D eigenvalue weighted by Crippen LogP contribution is -2.33. The molecular formula is C38H34N4O3S2. The lowest BCUT2D eigenvalue weighted by molar-refractivity contribution is -0.140. The number of thiocarbonyl (C=S) groups is 1. The third kappa shape index (κ3) is 7.37. The van der Waals surface area contributed by atoms with Crippen molar-refractivity contribution in [2.45, 2.75) is 26.2 Å². The molecule has 1 fully saturated rings. The smallest absolute Gasteiger partial charge is 0.323 e. The molecule has 7 nitrogen and oxygen atoms in total. The highest BCUT2D eigenvalue weighted by Crippen LogP contribution is 2.35. The number of H-pyrrole nitrogens is 1. The number of carbonyl (C=O) groups excluding carboxylic acids is 1. The number of amides is 1. The molecule has 0 unspecified atom stereocenters. The van der Waals surface area contributed by atoms with Crippen LogP contribution in [0.2, 0.25) is 0 Å². The molecule has 0 radical (unpaired) electrons. The number of hydrogen-bond acceptors (Lipinski definition) is 6. The first-order chi connectivity index (χ1) is 22.9. The van der Waals surface area contributed by atoms with Gasteiger partial charge in [0.15, 0.2) is 0 Å². The average molecular weight is 659 g/mol. The number of thioether (sulfide) groups is 1. The number of aliphatic carboxylic acids is 1. The summed E-state index contributed by atoms with van der Waals surface area (Å²) in [5, 5.41) is 9.12. The van der Waals surface area contributed by atoms with Crippen LogP contribution in [0.15, 0.2) is 114 Å². The Morgan fingerprint density at radius 1 is 0.872 bits per heavy atom. The molecule has 0 atom stereocenters. The van der Waals surface area contributed by atoms with E-state index in [0.29, 0.717) is 4.91 Å². The number of aromatic amines is 1. The second-order valence-corrected chi connectivity index (χ2v) is 12.9. The van der Waals surface area contributed by atoms with Gasteiger partial charge in [-0.3, -0.25) is 14.5 Å². The maximum absolute atomic E-state index is 12.7. The molecule has 1 aromatic heterocycles. The summed E-state index contributed by atoms with van der Waals surface area (Å²) >= 11 is 6.36. The van der Waals surface area contributed by atoms with Gasteiger partial charge in [-0.25, -0.2) is 4.98 Å². The molecule has 0 aliphatic carbocycles. The Morgan fingerprint density at radius 2 is 1.49 bits per heavy atom. The van der Waals surface area contributed by atoms with Gasteiger partial charge in [0.2, 0.25) is 0 Å². The fourth-order valence-electron chi connectivity index (χ4n) is 5.53. The van der Waals surface area contributed by atoms with Crippen LogP contribution in [0.25, 0.3) is 40.0 Å². The lowest BCUT2D eigenvalue weighted by atomic mass is 10.1. The van der Waals surface area contributed by atoms with Gasteiger partial charge in [0.1, 0.15) is 16.7 Å². The summed E-state index contributed by atoms with van der Waals surface area (Å²) in [6.07, 6.45) is 5.06. The van der Waals surface area contributed by atoms with Gasteiger partial charge in [0, 0.05) is 34.6 Å². The maximum Gasteiger partial charge on any atom is 0.323 e. The zero-order chi connectivity index (χ0) is 32.8. The van der Waals surface area contributed by atoms with E-state index >= 15 is 0 Å². The monoisotopic (exact) mass is 658 g/mol. The van der Waals surface area contributed by atoms with Crippen LogP contribution in [-0.2, 0) is 9.59 Å². The van der Waals surface area contributed by atoms with Crippen LogP contribution in [0.1, 0.15) is 31.7 Å². The molecule has 1 saturated heterocycles. The molecule has 4 aromatic carbocycles. The molecule has 0 bridgehead atoms. The molecule has 6 rings (SSSR count). The molecular weight excluding hydrogens is 625 g/mol. The topological polar surface area (TPSA) is 89.5 Å². The van der Waals surface area contributed by atoms with E-state index in [-0.39, 0.29) is 10.2 Å². The molecule has 9 heteroatoms. The number of anilines is 2. The van der Waals surface area contributed by atoms with Crippen LogP contribution in [0.5, 0.6) is 0 Å². The number of aromatic nitrogens is 2. The lowest BCUT2D eigenvalue weighted by Gasteiger charge is -2.25. The molecule has 0 saturated carbocycles. The number of benzene rings is 4. The highest BCUT2D eigenvalue weighted by Gasteiger charge is 2.33. The van der Waals surface area contributed by atoms with E-state index in [9.17, 15) is 9.59 Å². The molecule has 2 N–H and O–H groups in total. The maximum atomic E-state index is 12.7. The van der Waals surface area contributed by atoms with Crippen LogP contribution in [0.3, 0.4) is 0 Å². The Labute approximate surface area is 284 Å². The van der Waals surface area contributed by atoms with Gasteiger partial charge in [-0.15, -0.1) is 0 Å². The first-order valence-electron chi connectivity index (χ1n) is 15.6. The van der Waals surface area contributed by atoms with Crippen LogP contribution in [-0.4, -0.2) is 49.3 Å². The highest BCUT2D eigenvalue weighted by atomic mass is 32.2. The van der Waals surface area contributed by atoms with Gasteiger partial charge in [0.05, 0.1) is 16.3 Å². The van der Waals surface area contributed by atoms with E-state index in [1.807, 2.05) is 48.5 Å². The third-order valence-corrected chi connectivity index (χ3v) is 9.30. The summed E-state index contributed by atoms with van der Waals surface area (Å²) in [4.78, 5) is 36.4. The van der Waals surface area contributed by atoms with Gasteiger partial charge in [-0.2, -0.15) is 0 Å². The molecule has 1 aliphatic heterocycles. The number of nitrogens with zero attached hydrogens (tertiary/aromatic N) is 3. The zero-order valence-corrected chi connectivity index (χ0v) is 27.6. The van der Waals surface area contributed by atoms with Crippen molar-refractivity contribution in [1.82, 2.24) is 14.9 Å². The molecule has 1 aliphatic rings. The Morgan fingerprint density at radius 3 is 2.11 bits per heavy atom. The SMILES string of the molecule is CCCCCN(c1ccc(/C=C2/SC(=S)N(CC(=O)O)C2=O)cc1)c1ccc(-c2nc(-c3ccccc3)c(-c3ccccc3)[nH]2)cc1. The summed E-state index contributed by atoms with van der Waals surface area (Å²) in [6, 6.07) is 37.0. The number of carboxylic acid groups (broad SMARTS) is 1. The van der Waals surface area contributed by atoms with E-state index in [1.54, 1.807) is 6.08 Å². The van der Waals surface area contributed by atoms with Gasteiger partial charge in [-0.05, 0) is 54.5 Å². The van der Waals surface area contributed by atoms with Crippen molar-refractivity contribution in [3.05, 3.63) is 120 Å². The minimum atomic E-state index is -1.10. The minimum Gasteiger partial charge on any atom is -0.480 e. The fraction of sp³-hybridized carbons (Fsp3) is 0.158. The van der Waals surface area contributed by atoms with Crippen molar-refractivity contribution >= 4 is 57.6 Å². The quantitative estimate of drug-likeness (QED) is 0.0786. The second kappa shape index (κ2) is 14.6. The largest absolute Gasteiger partial charge is 0.480 e. The number of imidazole rings is 1. The van der Waals surface area contributed by atoms with Gasteiger partial charge in [-0.1, -0.05) is 117 Å². The standard InChI is InChI=1S/C38H34N4O3S2/c1-2-3-10-23-41(30-19-15-26(16-20-30)24-32-37(45)42(25-33(43)44)38(46)47-32)31-21-17-29(18-22-31)36-39-34(27-11-6-4-7-12-27)35(40-36)28-13-8-5-9-14-28/h4-9,11-22,24H,2-3,10,23,25H2,1H3,(H,39,40)(H,43,44)/b32-24+. The molecule has 2 heterocycles. The van der Waals surface area contributed by atoms with Crippen molar-refractivity contribution in [2.24, 2.45) is 0 Å². The number of unbranched alkanes of at least 4 members (excludes halogenated alkanes) is 2. The number of hydrogen-bond donors (Lipinski definition) is 2. The fourth-order valence-corrected chi connectivity index (χ4v) is 6.78. The summed E-state index contributed by atoms with van der Waals surface area (Å²) in [5.41, 5.74) is 8.00.